The maximum Gasteiger partial charge on any atom is 0.309 e. The third-order valence-corrected chi connectivity index (χ3v) is 2.40. The van der Waals surface area contributed by atoms with Gasteiger partial charge >= 0.3 is 5.97 Å². The van der Waals surface area contributed by atoms with Crippen LogP contribution in [0, 0.1) is 5.92 Å². The van der Waals surface area contributed by atoms with E-state index in [2.05, 4.69) is 5.32 Å². The van der Waals surface area contributed by atoms with E-state index in [0.717, 1.165) is 19.3 Å². The van der Waals surface area contributed by atoms with E-state index in [4.69, 9.17) is 4.74 Å². The van der Waals surface area contributed by atoms with Gasteiger partial charge < -0.3 is 10.1 Å². The molecule has 2 aliphatic rings. The Kier molecular flexibility index (Phi) is 2.20. The molecular formula is C9H13NO3. The maximum absolute atomic E-state index is 11.2. The number of amides is 1. The maximum atomic E-state index is 11.2. The molecule has 0 aromatic heterocycles. The van der Waals surface area contributed by atoms with E-state index in [0.29, 0.717) is 13.0 Å². The minimum atomic E-state index is -0.179. The summed E-state index contributed by atoms with van der Waals surface area (Å²) in [5.41, 5.74) is 0. The molecular weight excluding hydrogens is 170 g/mol. The lowest BCUT2D eigenvalue weighted by atomic mass is 10.1. The van der Waals surface area contributed by atoms with E-state index in [9.17, 15) is 9.59 Å². The van der Waals surface area contributed by atoms with Gasteiger partial charge in [-0.05, 0) is 12.8 Å². The predicted octanol–water partition coefficient (Wildman–Crippen LogP) is 0.218. The highest BCUT2D eigenvalue weighted by atomic mass is 16.5. The van der Waals surface area contributed by atoms with Crippen molar-refractivity contribution in [2.24, 2.45) is 5.92 Å². The second-order valence-corrected chi connectivity index (χ2v) is 3.68. The molecule has 0 spiro atoms. The van der Waals surface area contributed by atoms with E-state index in [1.807, 2.05) is 0 Å². The number of carbonyl (C=O) groups is 2. The predicted molar refractivity (Wildman–Crippen MR) is 44.8 cm³/mol. The number of rotatable bonds is 2. The van der Waals surface area contributed by atoms with Crippen LogP contribution in [0.3, 0.4) is 0 Å². The molecule has 4 nitrogen and oxygen atoms in total. The van der Waals surface area contributed by atoms with Crippen molar-refractivity contribution in [3.8, 4) is 0 Å². The molecule has 4 heteroatoms. The molecule has 2 fully saturated rings. The first-order chi connectivity index (χ1) is 6.25. The highest BCUT2D eigenvalue weighted by Gasteiger charge is 2.33. The number of esters is 1. The topological polar surface area (TPSA) is 55.4 Å². The van der Waals surface area contributed by atoms with Gasteiger partial charge in [0.15, 0.2) is 0 Å². The lowest BCUT2D eigenvalue weighted by Crippen LogP contribution is -2.38. The van der Waals surface area contributed by atoms with Crippen LogP contribution >= 0.6 is 0 Å². The van der Waals surface area contributed by atoms with Crippen LogP contribution in [0.1, 0.15) is 25.7 Å². The molecule has 1 heterocycles. The Hall–Kier alpha value is -1.06. The molecule has 72 valence electrons. The van der Waals surface area contributed by atoms with Crippen molar-refractivity contribution in [2.45, 2.75) is 31.8 Å². The minimum Gasteiger partial charge on any atom is -0.462 e. The SMILES string of the molecule is O=C1CC(OC(=O)C2CC2)CCN1. The lowest BCUT2D eigenvalue weighted by Gasteiger charge is -2.22. The van der Waals surface area contributed by atoms with E-state index in [1.54, 1.807) is 0 Å². The van der Waals surface area contributed by atoms with Crippen molar-refractivity contribution < 1.29 is 14.3 Å². The Balaban J connectivity index is 1.79. The van der Waals surface area contributed by atoms with Crippen LogP contribution in [-0.2, 0) is 14.3 Å². The van der Waals surface area contributed by atoms with E-state index in [-0.39, 0.29) is 23.9 Å². The van der Waals surface area contributed by atoms with Gasteiger partial charge in [0.2, 0.25) is 5.91 Å². The van der Waals surface area contributed by atoms with Crippen molar-refractivity contribution in [3.63, 3.8) is 0 Å². The summed E-state index contributed by atoms with van der Waals surface area (Å²) in [6.45, 7) is 0.626. The van der Waals surface area contributed by atoms with Crippen LogP contribution in [-0.4, -0.2) is 24.5 Å². The molecule has 1 aliphatic carbocycles. The van der Waals surface area contributed by atoms with Crippen LogP contribution in [0.5, 0.6) is 0 Å². The summed E-state index contributed by atoms with van der Waals surface area (Å²) >= 11 is 0. The van der Waals surface area contributed by atoms with Gasteiger partial charge in [0.1, 0.15) is 6.10 Å². The van der Waals surface area contributed by atoms with Gasteiger partial charge in [-0.3, -0.25) is 9.59 Å². The van der Waals surface area contributed by atoms with Crippen LogP contribution < -0.4 is 5.32 Å². The van der Waals surface area contributed by atoms with Gasteiger partial charge in [-0.2, -0.15) is 0 Å². The first-order valence-electron chi connectivity index (χ1n) is 4.73. The minimum absolute atomic E-state index is 0.0140. The zero-order valence-electron chi connectivity index (χ0n) is 7.41. The molecule has 0 bridgehead atoms. The monoisotopic (exact) mass is 183 g/mol. The van der Waals surface area contributed by atoms with E-state index < -0.39 is 0 Å². The fourth-order valence-corrected chi connectivity index (χ4v) is 1.43. The van der Waals surface area contributed by atoms with Crippen molar-refractivity contribution in [3.05, 3.63) is 0 Å². The number of carbonyl (C=O) groups excluding carboxylic acids is 2. The van der Waals surface area contributed by atoms with Gasteiger partial charge in [-0.25, -0.2) is 0 Å². The Bertz CT molecular complexity index is 235. The second kappa shape index (κ2) is 3.36. The third kappa shape index (κ3) is 2.20. The van der Waals surface area contributed by atoms with E-state index in [1.165, 1.54) is 0 Å². The van der Waals surface area contributed by atoms with Crippen molar-refractivity contribution >= 4 is 11.9 Å². The summed E-state index contributed by atoms with van der Waals surface area (Å²) in [4.78, 5) is 22.2. The molecule has 13 heavy (non-hydrogen) atoms. The molecule has 0 aromatic rings. The summed E-state index contributed by atoms with van der Waals surface area (Å²) in [5.74, 6) is 0.00420. The van der Waals surface area contributed by atoms with Gasteiger partial charge in [-0.15, -0.1) is 0 Å². The zero-order chi connectivity index (χ0) is 9.26. The average molecular weight is 183 g/mol. The number of hydrogen-bond donors (Lipinski definition) is 1. The number of hydrogen-bond acceptors (Lipinski definition) is 3. The molecule has 0 aromatic carbocycles. The fourth-order valence-electron chi connectivity index (χ4n) is 1.43. The van der Waals surface area contributed by atoms with Crippen LogP contribution in [0.25, 0.3) is 0 Å². The smallest absolute Gasteiger partial charge is 0.309 e. The van der Waals surface area contributed by atoms with Crippen LogP contribution in [0.4, 0.5) is 0 Å². The molecule has 1 saturated carbocycles. The quantitative estimate of drug-likeness (QED) is 0.623. The standard InChI is InChI=1S/C9H13NO3/c11-8-5-7(3-4-10-8)13-9(12)6-1-2-6/h6-7H,1-5H2,(H,10,11). The first-order valence-corrected chi connectivity index (χ1v) is 4.73. The molecule has 2 rings (SSSR count). The van der Waals surface area contributed by atoms with Crippen molar-refractivity contribution in [2.75, 3.05) is 6.54 Å². The van der Waals surface area contributed by atoms with Gasteiger partial charge in [0.25, 0.3) is 0 Å². The average Bonchev–Trinajstić information content (AvgIpc) is 2.85. The molecule has 1 aliphatic heterocycles. The van der Waals surface area contributed by atoms with Crippen molar-refractivity contribution in [1.82, 2.24) is 5.32 Å². The van der Waals surface area contributed by atoms with E-state index >= 15 is 0 Å². The van der Waals surface area contributed by atoms with Crippen molar-refractivity contribution in [1.29, 1.82) is 0 Å². The van der Waals surface area contributed by atoms with Gasteiger partial charge in [-0.1, -0.05) is 0 Å². The summed E-state index contributed by atoms with van der Waals surface area (Å²) in [5, 5.41) is 2.70. The number of ether oxygens (including phenoxy) is 1. The summed E-state index contributed by atoms with van der Waals surface area (Å²) in [6.07, 6.45) is 2.82. The molecule has 1 atom stereocenters. The summed E-state index contributed by atoms with van der Waals surface area (Å²) in [6, 6.07) is 0. The van der Waals surface area contributed by atoms with Crippen LogP contribution in [0.15, 0.2) is 0 Å². The number of piperidine rings is 1. The molecule has 1 amide bonds. The third-order valence-electron chi connectivity index (χ3n) is 2.40. The second-order valence-electron chi connectivity index (χ2n) is 3.68. The van der Waals surface area contributed by atoms with Gasteiger partial charge in [0, 0.05) is 13.0 Å². The highest BCUT2D eigenvalue weighted by molar-refractivity contribution is 5.79. The van der Waals surface area contributed by atoms with Gasteiger partial charge in [0.05, 0.1) is 12.3 Å². The Morgan fingerprint density at radius 1 is 1.38 bits per heavy atom. The lowest BCUT2D eigenvalue weighted by molar-refractivity contribution is -0.153. The molecule has 1 saturated heterocycles. The Morgan fingerprint density at radius 3 is 2.77 bits per heavy atom. The molecule has 0 radical (unpaired) electrons. The first kappa shape index (κ1) is 8.53. The summed E-state index contributed by atoms with van der Waals surface area (Å²) < 4.78 is 5.19. The Labute approximate surface area is 76.6 Å². The van der Waals surface area contributed by atoms with Crippen LogP contribution in [0.2, 0.25) is 0 Å². The normalized spacial score (nSPS) is 28.0. The molecule has 1 unspecified atom stereocenters. The summed E-state index contributed by atoms with van der Waals surface area (Å²) in [7, 11) is 0. The zero-order valence-corrected chi connectivity index (χ0v) is 7.41. The fraction of sp³-hybridized carbons (Fsp3) is 0.778. The molecule has 1 N–H and O–H groups in total. The highest BCUT2D eigenvalue weighted by Crippen LogP contribution is 2.31. The largest absolute Gasteiger partial charge is 0.462 e. The Morgan fingerprint density at radius 2 is 2.15 bits per heavy atom. The number of nitrogens with one attached hydrogen (secondary N) is 1.